The van der Waals surface area contributed by atoms with Crippen molar-refractivity contribution in [3.05, 3.63) is 42.4 Å². The second-order valence-corrected chi connectivity index (χ2v) is 6.25. The van der Waals surface area contributed by atoms with E-state index in [1.807, 2.05) is 29.1 Å². The first-order chi connectivity index (χ1) is 11.7. The molecule has 2 aromatic heterocycles. The van der Waals surface area contributed by atoms with E-state index in [-0.39, 0.29) is 24.0 Å². The van der Waals surface area contributed by atoms with E-state index in [2.05, 4.69) is 15.0 Å². The van der Waals surface area contributed by atoms with Gasteiger partial charge in [0, 0.05) is 37.2 Å². The number of ketones is 1. The van der Waals surface area contributed by atoms with Crippen molar-refractivity contribution in [1.82, 2.24) is 14.8 Å². The Labute approximate surface area is 140 Å². The number of hydrogen-bond acceptors (Lipinski definition) is 6. The number of rotatable bonds is 3. The summed E-state index contributed by atoms with van der Waals surface area (Å²) in [4.78, 5) is 17.9. The number of fused-ring (bicyclic) bond motifs is 1. The van der Waals surface area contributed by atoms with Gasteiger partial charge in [0.15, 0.2) is 5.78 Å². The molecule has 2 atom stereocenters. The van der Waals surface area contributed by atoms with Crippen LogP contribution in [0.25, 0.3) is 0 Å². The van der Waals surface area contributed by atoms with Crippen molar-refractivity contribution < 1.29 is 14.3 Å². The van der Waals surface area contributed by atoms with Crippen molar-refractivity contribution in [2.45, 2.75) is 25.2 Å². The minimum atomic E-state index is 0.0250. The number of nitrogens with zero attached hydrogens (tertiary/aromatic N) is 4. The third-order valence-electron chi connectivity index (χ3n) is 4.60. The largest absolute Gasteiger partial charge is 0.371 e. The second kappa shape index (κ2) is 6.33. The summed E-state index contributed by atoms with van der Waals surface area (Å²) in [6, 6.07) is 5.72. The molecule has 0 radical (unpaired) electrons. The van der Waals surface area contributed by atoms with Gasteiger partial charge in [-0.25, -0.2) is 4.98 Å². The Morgan fingerprint density at radius 1 is 1.21 bits per heavy atom. The zero-order valence-corrected chi connectivity index (χ0v) is 13.5. The summed E-state index contributed by atoms with van der Waals surface area (Å²) in [5.74, 6) is 0.876. The molecule has 0 amide bonds. The van der Waals surface area contributed by atoms with Crippen molar-refractivity contribution in [2.75, 3.05) is 31.2 Å². The molecule has 0 aliphatic carbocycles. The topological polar surface area (TPSA) is 69.5 Å². The fourth-order valence-corrected chi connectivity index (χ4v) is 3.20. The minimum Gasteiger partial charge on any atom is -0.371 e. The smallest absolute Gasteiger partial charge is 0.161 e. The van der Waals surface area contributed by atoms with E-state index in [0.29, 0.717) is 18.8 Å². The number of hydrogen-bond donors (Lipinski definition) is 0. The van der Waals surface area contributed by atoms with Crippen LogP contribution < -0.4 is 4.90 Å². The monoisotopic (exact) mass is 328 g/mol. The summed E-state index contributed by atoms with van der Waals surface area (Å²) in [5, 5.41) is 4.27. The normalized spacial score (nSPS) is 24.6. The van der Waals surface area contributed by atoms with Crippen molar-refractivity contribution in [3.63, 3.8) is 0 Å². The van der Waals surface area contributed by atoms with Crippen molar-refractivity contribution in [3.8, 4) is 0 Å². The number of carbonyl (C=O) groups is 1. The van der Waals surface area contributed by atoms with Crippen molar-refractivity contribution >= 4 is 11.6 Å². The Morgan fingerprint density at radius 3 is 2.50 bits per heavy atom. The summed E-state index contributed by atoms with van der Waals surface area (Å²) >= 11 is 0. The molecule has 2 fully saturated rings. The third-order valence-corrected chi connectivity index (χ3v) is 4.60. The van der Waals surface area contributed by atoms with Crippen molar-refractivity contribution in [1.29, 1.82) is 0 Å². The van der Waals surface area contributed by atoms with Crippen LogP contribution in [0.15, 0.2) is 36.8 Å². The van der Waals surface area contributed by atoms with Crippen molar-refractivity contribution in [2.24, 2.45) is 0 Å². The molecule has 2 aromatic rings. The van der Waals surface area contributed by atoms with Crippen LogP contribution in [0.2, 0.25) is 0 Å². The molecule has 2 aliphatic heterocycles. The molecule has 4 rings (SSSR count). The Bertz CT molecular complexity index is 685. The maximum absolute atomic E-state index is 11.3. The van der Waals surface area contributed by atoms with Crippen LogP contribution in [-0.2, 0) is 9.47 Å². The van der Waals surface area contributed by atoms with Gasteiger partial charge in [-0.05, 0) is 25.1 Å². The maximum Gasteiger partial charge on any atom is 0.161 e. The third kappa shape index (κ3) is 2.92. The van der Waals surface area contributed by atoms with Gasteiger partial charge in [0.05, 0.1) is 19.3 Å². The van der Waals surface area contributed by atoms with E-state index in [4.69, 9.17) is 9.47 Å². The van der Waals surface area contributed by atoms with Crippen LogP contribution in [0.4, 0.5) is 5.82 Å². The van der Waals surface area contributed by atoms with Gasteiger partial charge in [0.2, 0.25) is 0 Å². The Morgan fingerprint density at radius 2 is 1.96 bits per heavy atom. The fraction of sp³-hybridized carbons (Fsp3) is 0.471. The van der Waals surface area contributed by atoms with Crippen LogP contribution in [-0.4, -0.2) is 59.1 Å². The summed E-state index contributed by atoms with van der Waals surface area (Å²) in [7, 11) is 0. The van der Waals surface area contributed by atoms with Crippen LogP contribution in [0.3, 0.4) is 0 Å². The molecule has 7 nitrogen and oxygen atoms in total. The molecule has 0 bridgehead atoms. The van der Waals surface area contributed by atoms with Gasteiger partial charge in [-0.15, -0.1) is 0 Å². The number of anilines is 1. The van der Waals surface area contributed by atoms with Crippen LogP contribution in [0, 0.1) is 0 Å². The summed E-state index contributed by atoms with van der Waals surface area (Å²) in [6.07, 6.45) is 5.39. The molecule has 7 heteroatoms. The molecule has 24 heavy (non-hydrogen) atoms. The molecule has 126 valence electrons. The Hall–Kier alpha value is -2.25. The summed E-state index contributed by atoms with van der Waals surface area (Å²) in [6.45, 7) is 4.20. The average Bonchev–Trinajstić information content (AvgIpc) is 3.22. The van der Waals surface area contributed by atoms with E-state index >= 15 is 0 Å². The average molecular weight is 328 g/mol. The first-order valence-electron chi connectivity index (χ1n) is 8.15. The molecular weight excluding hydrogens is 308 g/mol. The summed E-state index contributed by atoms with van der Waals surface area (Å²) < 4.78 is 14.0. The summed E-state index contributed by atoms with van der Waals surface area (Å²) in [5.41, 5.74) is 0.627. The highest BCUT2D eigenvalue weighted by molar-refractivity contribution is 5.93. The molecule has 4 heterocycles. The van der Waals surface area contributed by atoms with E-state index in [0.717, 1.165) is 18.9 Å². The lowest BCUT2D eigenvalue weighted by molar-refractivity contribution is -0.00461. The number of ether oxygens (including phenoxy) is 2. The SMILES string of the molecule is CC(=O)c1ccc(N2C[C@@H]3OCC(n4cccn4)CO[C@H]3C2)nc1. The quantitative estimate of drug-likeness (QED) is 0.792. The van der Waals surface area contributed by atoms with Gasteiger partial charge in [-0.2, -0.15) is 5.10 Å². The number of aromatic nitrogens is 3. The van der Waals surface area contributed by atoms with Gasteiger partial charge in [-0.1, -0.05) is 0 Å². The fourth-order valence-electron chi connectivity index (χ4n) is 3.20. The zero-order chi connectivity index (χ0) is 16.5. The van der Waals surface area contributed by atoms with Crippen LogP contribution >= 0.6 is 0 Å². The second-order valence-electron chi connectivity index (χ2n) is 6.25. The molecule has 0 spiro atoms. The van der Waals surface area contributed by atoms with Gasteiger partial charge in [0.1, 0.15) is 18.0 Å². The van der Waals surface area contributed by atoms with E-state index < -0.39 is 0 Å². The van der Waals surface area contributed by atoms with E-state index in [1.54, 1.807) is 19.3 Å². The zero-order valence-electron chi connectivity index (χ0n) is 13.5. The Balaban J connectivity index is 1.41. The van der Waals surface area contributed by atoms with Gasteiger partial charge < -0.3 is 14.4 Å². The van der Waals surface area contributed by atoms with Gasteiger partial charge in [-0.3, -0.25) is 9.48 Å². The lowest BCUT2D eigenvalue weighted by atomic mass is 10.2. The predicted molar refractivity (Wildman–Crippen MR) is 87.2 cm³/mol. The van der Waals surface area contributed by atoms with Crippen LogP contribution in [0.1, 0.15) is 23.3 Å². The first-order valence-corrected chi connectivity index (χ1v) is 8.15. The molecule has 0 unspecified atom stereocenters. The highest BCUT2D eigenvalue weighted by Crippen LogP contribution is 2.26. The highest BCUT2D eigenvalue weighted by Gasteiger charge is 2.38. The molecule has 2 saturated heterocycles. The number of pyridine rings is 1. The van der Waals surface area contributed by atoms with Gasteiger partial charge >= 0.3 is 0 Å². The van der Waals surface area contributed by atoms with E-state index in [9.17, 15) is 4.79 Å². The molecular formula is C17H20N4O3. The molecule has 0 saturated carbocycles. The lowest BCUT2D eigenvalue weighted by Gasteiger charge is -2.19. The standard InChI is InChI=1S/C17H20N4O3/c1-12(22)13-3-4-17(18-7-13)20-8-15-16(9-20)24-11-14(10-23-15)21-6-2-5-19-21/h2-7,14-16H,8-11H2,1H3/t15-,16-/m0/s1. The molecule has 2 aliphatic rings. The predicted octanol–water partition coefficient (Wildman–Crippen LogP) is 1.33. The number of carbonyl (C=O) groups excluding carboxylic acids is 1. The Kier molecular flexibility index (Phi) is 4.03. The van der Waals surface area contributed by atoms with Crippen LogP contribution in [0.5, 0.6) is 0 Å². The lowest BCUT2D eigenvalue weighted by Crippen LogP contribution is -2.27. The highest BCUT2D eigenvalue weighted by atomic mass is 16.6. The minimum absolute atomic E-state index is 0.0250. The van der Waals surface area contributed by atoms with E-state index in [1.165, 1.54) is 0 Å². The maximum atomic E-state index is 11.3. The molecule has 0 N–H and O–H groups in total. The first kappa shape index (κ1) is 15.3. The van der Waals surface area contributed by atoms with Gasteiger partial charge in [0.25, 0.3) is 0 Å². The molecule has 0 aromatic carbocycles. The number of Topliss-reactive ketones (excluding diaryl/α,β-unsaturated/α-hetero) is 1.